The molecule has 0 unspecified atom stereocenters. The smallest absolute Gasteiger partial charge is 0.240 e. The highest BCUT2D eigenvalue weighted by Gasteiger charge is 2.11. The normalized spacial score (nSPS) is 10.4. The lowest BCUT2D eigenvalue weighted by Crippen LogP contribution is -2.22. The average Bonchev–Trinajstić information content (AvgIpc) is 2.27. The van der Waals surface area contributed by atoms with Gasteiger partial charge >= 0.3 is 0 Å². The minimum Gasteiger partial charge on any atom is -0.395 e. The van der Waals surface area contributed by atoms with Gasteiger partial charge < -0.3 is 10.4 Å². The third-order valence-electron chi connectivity index (χ3n) is 1.89. The fraction of sp³-hybridized carbons (Fsp3) is 0.333. The highest BCUT2D eigenvalue weighted by molar-refractivity contribution is 7.91. The first-order valence-electron chi connectivity index (χ1n) is 5.44. The lowest BCUT2D eigenvalue weighted by molar-refractivity contribution is -0.113. The molecule has 0 aliphatic heterocycles. The maximum Gasteiger partial charge on any atom is 0.240 e. The van der Waals surface area contributed by atoms with Crippen molar-refractivity contribution in [3.63, 3.8) is 0 Å². The Morgan fingerprint density at radius 3 is 2.89 bits per heavy atom. The molecule has 0 aliphatic carbocycles. The van der Waals surface area contributed by atoms with Crippen molar-refractivity contribution in [2.75, 3.05) is 23.9 Å². The van der Waals surface area contributed by atoms with Crippen LogP contribution in [0.3, 0.4) is 0 Å². The molecule has 1 heterocycles. The van der Waals surface area contributed by atoms with Crippen molar-refractivity contribution in [3.8, 4) is 11.8 Å². The van der Waals surface area contributed by atoms with Gasteiger partial charge in [-0.15, -0.1) is 0 Å². The summed E-state index contributed by atoms with van der Waals surface area (Å²) < 4.78 is 21.9. The van der Waals surface area contributed by atoms with Gasteiger partial charge in [-0.05, 0) is 12.1 Å². The van der Waals surface area contributed by atoms with E-state index in [0.717, 1.165) is 6.26 Å². The molecule has 0 spiro atoms. The Balaban J connectivity index is 2.73. The summed E-state index contributed by atoms with van der Waals surface area (Å²) in [5, 5.41) is 11.0. The quantitative estimate of drug-likeness (QED) is 0.745. The zero-order valence-electron chi connectivity index (χ0n) is 10.4. The first-order valence-corrected chi connectivity index (χ1v) is 7.50. The number of rotatable bonds is 4. The van der Waals surface area contributed by atoms with Gasteiger partial charge in [0.15, 0.2) is 9.84 Å². The van der Waals surface area contributed by atoms with Gasteiger partial charge in [0, 0.05) is 24.4 Å². The van der Waals surface area contributed by atoms with Gasteiger partial charge in [0.2, 0.25) is 5.91 Å². The predicted molar refractivity (Wildman–Crippen MR) is 71.2 cm³/mol. The van der Waals surface area contributed by atoms with Crippen molar-refractivity contribution in [1.82, 2.24) is 4.98 Å². The molecule has 0 fully saturated rings. The van der Waals surface area contributed by atoms with Crippen LogP contribution >= 0.6 is 0 Å². The first kappa shape index (κ1) is 15.1. The summed E-state index contributed by atoms with van der Waals surface area (Å²) in [5.74, 6) is 4.53. The summed E-state index contributed by atoms with van der Waals surface area (Å²) >= 11 is 0. The van der Waals surface area contributed by atoms with E-state index in [9.17, 15) is 13.2 Å². The lowest BCUT2D eigenvalue weighted by atomic mass is 10.2. The molecule has 0 saturated heterocycles. The monoisotopic (exact) mass is 282 g/mol. The van der Waals surface area contributed by atoms with Gasteiger partial charge in [0.25, 0.3) is 0 Å². The molecule has 0 radical (unpaired) electrons. The number of carbonyl (C=O) groups excluding carboxylic acids is 1. The highest BCUT2D eigenvalue weighted by Crippen LogP contribution is 2.05. The fourth-order valence-electron chi connectivity index (χ4n) is 1.21. The van der Waals surface area contributed by atoms with Crippen molar-refractivity contribution in [3.05, 3.63) is 23.9 Å². The van der Waals surface area contributed by atoms with Crippen LogP contribution in [0.1, 0.15) is 12.0 Å². The number of aliphatic hydroxyl groups excluding tert-OH is 1. The summed E-state index contributed by atoms with van der Waals surface area (Å²) in [4.78, 5) is 15.3. The number of aromatic nitrogens is 1. The van der Waals surface area contributed by atoms with Crippen molar-refractivity contribution in [2.45, 2.75) is 6.42 Å². The number of anilines is 1. The summed E-state index contributed by atoms with van der Waals surface area (Å²) in [6.45, 7) is -0.0178. The van der Waals surface area contributed by atoms with Crippen molar-refractivity contribution < 1.29 is 18.3 Å². The van der Waals surface area contributed by atoms with Gasteiger partial charge in [-0.3, -0.25) is 4.79 Å². The largest absolute Gasteiger partial charge is 0.395 e. The van der Waals surface area contributed by atoms with Gasteiger partial charge in [0.1, 0.15) is 11.6 Å². The maximum atomic E-state index is 11.4. The van der Waals surface area contributed by atoms with Crippen LogP contribution < -0.4 is 5.32 Å². The minimum atomic E-state index is -3.37. The summed E-state index contributed by atoms with van der Waals surface area (Å²) in [7, 11) is -3.37. The number of pyridine rings is 1. The molecule has 0 saturated carbocycles. The number of hydrogen-bond donors (Lipinski definition) is 2. The zero-order chi connectivity index (χ0) is 14.3. The topological polar surface area (TPSA) is 96.4 Å². The van der Waals surface area contributed by atoms with Crippen LogP contribution in [0.25, 0.3) is 0 Å². The Kier molecular flexibility index (Phi) is 5.48. The molecule has 1 aromatic rings. The molecular formula is C12H14N2O4S. The second-order valence-electron chi connectivity index (χ2n) is 3.82. The van der Waals surface area contributed by atoms with Crippen LogP contribution in [0.2, 0.25) is 0 Å². The molecule has 0 aromatic carbocycles. The number of amides is 1. The number of hydrogen-bond acceptors (Lipinski definition) is 5. The molecule has 19 heavy (non-hydrogen) atoms. The standard InChI is InChI=1S/C12H14N2O4S/c1-19(17,18)9-12(16)14-11-8-10(5-6-13-11)4-2-3-7-15/h5-6,8,15H,3,7,9H2,1H3,(H,13,14,16). The van der Waals surface area contributed by atoms with Crippen molar-refractivity contribution in [2.24, 2.45) is 0 Å². The second kappa shape index (κ2) is 6.87. The van der Waals surface area contributed by atoms with Crippen LogP contribution in [0, 0.1) is 11.8 Å². The van der Waals surface area contributed by atoms with Crippen LogP contribution in [0.15, 0.2) is 18.3 Å². The number of nitrogens with one attached hydrogen (secondary N) is 1. The fourth-order valence-corrected chi connectivity index (χ4v) is 1.76. The Bertz CT molecular complexity index is 614. The lowest BCUT2D eigenvalue weighted by Gasteiger charge is -2.03. The van der Waals surface area contributed by atoms with Gasteiger partial charge in [-0.1, -0.05) is 11.8 Å². The van der Waals surface area contributed by atoms with E-state index >= 15 is 0 Å². The Morgan fingerprint density at radius 2 is 2.26 bits per heavy atom. The molecule has 0 bridgehead atoms. The molecule has 7 heteroatoms. The maximum absolute atomic E-state index is 11.4. The molecule has 1 amide bonds. The minimum absolute atomic E-state index is 0.0178. The van der Waals surface area contributed by atoms with Crippen LogP contribution in [-0.2, 0) is 14.6 Å². The van der Waals surface area contributed by atoms with Gasteiger partial charge in [-0.25, -0.2) is 13.4 Å². The van der Waals surface area contributed by atoms with Crippen molar-refractivity contribution >= 4 is 21.6 Å². The zero-order valence-corrected chi connectivity index (χ0v) is 11.2. The van der Waals surface area contributed by atoms with Gasteiger partial charge in [-0.2, -0.15) is 0 Å². The second-order valence-corrected chi connectivity index (χ2v) is 5.96. The summed E-state index contributed by atoms with van der Waals surface area (Å²) in [6.07, 6.45) is 2.80. The van der Waals surface area contributed by atoms with E-state index in [1.165, 1.54) is 12.3 Å². The predicted octanol–water partition coefficient (Wildman–Crippen LogP) is -0.201. The van der Waals surface area contributed by atoms with Crippen LogP contribution in [-0.4, -0.2) is 43.0 Å². The number of sulfone groups is 1. The highest BCUT2D eigenvalue weighted by atomic mass is 32.2. The van der Waals surface area contributed by atoms with E-state index in [1.54, 1.807) is 6.07 Å². The Labute approximate surface area is 111 Å². The van der Waals surface area contributed by atoms with E-state index in [0.29, 0.717) is 12.0 Å². The molecule has 0 aliphatic rings. The first-order chi connectivity index (χ1) is 8.90. The summed E-state index contributed by atoms with van der Waals surface area (Å²) in [6, 6.07) is 3.18. The van der Waals surface area contributed by atoms with E-state index in [2.05, 4.69) is 22.1 Å². The van der Waals surface area contributed by atoms with E-state index in [-0.39, 0.29) is 12.4 Å². The van der Waals surface area contributed by atoms with E-state index in [4.69, 9.17) is 5.11 Å². The number of aliphatic hydroxyl groups is 1. The third-order valence-corrected chi connectivity index (χ3v) is 2.68. The van der Waals surface area contributed by atoms with Gasteiger partial charge in [0.05, 0.1) is 6.61 Å². The number of carbonyl (C=O) groups is 1. The molecule has 1 rings (SSSR count). The molecule has 0 atom stereocenters. The number of nitrogens with zero attached hydrogens (tertiary/aromatic N) is 1. The SMILES string of the molecule is CS(=O)(=O)CC(=O)Nc1cc(C#CCCO)ccn1. The van der Waals surface area contributed by atoms with E-state index < -0.39 is 21.5 Å². The third kappa shape index (κ3) is 6.55. The molecule has 6 nitrogen and oxygen atoms in total. The van der Waals surface area contributed by atoms with Crippen LogP contribution in [0.4, 0.5) is 5.82 Å². The molecular weight excluding hydrogens is 268 g/mol. The van der Waals surface area contributed by atoms with Crippen molar-refractivity contribution in [1.29, 1.82) is 0 Å². The van der Waals surface area contributed by atoms with Crippen LogP contribution in [0.5, 0.6) is 0 Å². The summed E-state index contributed by atoms with van der Waals surface area (Å²) in [5.41, 5.74) is 0.623. The Morgan fingerprint density at radius 1 is 1.53 bits per heavy atom. The average molecular weight is 282 g/mol. The van der Waals surface area contributed by atoms with E-state index in [1.807, 2.05) is 0 Å². The Hall–Kier alpha value is -1.91. The molecule has 102 valence electrons. The molecule has 2 N–H and O–H groups in total. The molecule has 1 aromatic heterocycles.